The fourth-order valence-electron chi connectivity index (χ4n) is 2.40. The lowest BCUT2D eigenvalue weighted by Gasteiger charge is -2.12. The standard InChI is InChI=1S/C20H18ClN3O3/c1-26-14-8-9-17(18(11-14)27-2)23-19-10-7-13(12-22-19)20(25)24-16-6-4-3-5-15(16)21/h3-12H,1-2H3,(H,22,23)(H,24,25). The van der Waals surface area contributed by atoms with Crippen LogP contribution in [0.3, 0.4) is 0 Å². The third-order valence-corrected chi connectivity index (χ3v) is 4.15. The number of ether oxygens (including phenoxy) is 2. The SMILES string of the molecule is COc1ccc(Nc2ccc(C(=O)Nc3ccccc3Cl)cn2)c(OC)c1. The molecule has 0 aliphatic rings. The average Bonchev–Trinajstić information content (AvgIpc) is 2.70. The molecule has 0 aliphatic heterocycles. The van der Waals surface area contributed by atoms with E-state index in [1.54, 1.807) is 56.7 Å². The Morgan fingerprint density at radius 2 is 1.81 bits per heavy atom. The number of para-hydroxylation sites is 1. The number of amides is 1. The van der Waals surface area contributed by atoms with E-state index in [2.05, 4.69) is 15.6 Å². The molecule has 0 aliphatic carbocycles. The maximum atomic E-state index is 12.3. The van der Waals surface area contributed by atoms with Gasteiger partial charge in [-0.1, -0.05) is 23.7 Å². The normalized spacial score (nSPS) is 10.2. The predicted molar refractivity (Wildman–Crippen MR) is 106 cm³/mol. The molecule has 0 bridgehead atoms. The Balaban J connectivity index is 1.72. The van der Waals surface area contributed by atoms with Gasteiger partial charge in [0.2, 0.25) is 0 Å². The first-order valence-electron chi connectivity index (χ1n) is 8.11. The van der Waals surface area contributed by atoms with Gasteiger partial charge >= 0.3 is 0 Å². The minimum atomic E-state index is -0.288. The highest BCUT2D eigenvalue weighted by atomic mass is 35.5. The van der Waals surface area contributed by atoms with Crippen LogP contribution in [0.2, 0.25) is 5.02 Å². The second kappa shape index (κ2) is 8.42. The number of halogens is 1. The van der Waals surface area contributed by atoms with Crippen molar-refractivity contribution in [2.24, 2.45) is 0 Å². The zero-order valence-corrected chi connectivity index (χ0v) is 15.6. The van der Waals surface area contributed by atoms with Gasteiger partial charge in [0.25, 0.3) is 5.91 Å². The van der Waals surface area contributed by atoms with E-state index in [0.717, 1.165) is 5.69 Å². The minimum absolute atomic E-state index is 0.288. The smallest absolute Gasteiger partial charge is 0.257 e. The van der Waals surface area contributed by atoms with Crippen molar-refractivity contribution in [1.82, 2.24) is 4.98 Å². The Bertz CT molecular complexity index is 945. The van der Waals surface area contributed by atoms with Gasteiger partial charge in [-0.25, -0.2) is 4.98 Å². The van der Waals surface area contributed by atoms with E-state index in [1.165, 1.54) is 6.20 Å². The van der Waals surface area contributed by atoms with Crippen LogP contribution in [0.15, 0.2) is 60.8 Å². The van der Waals surface area contributed by atoms with Crippen LogP contribution in [0.1, 0.15) is 10.4 Å². The molecule has 0 atom stereocenters. The topological polar surface area (TPSA) is 72.5 Å². The van der Waals surface area contributed by atoms with Crippen LogP contribution in [0.4, 0.5) is 17.2 Å². The van der Waals surface area contributed by atoms with E-state index in [-0.39, 0.29) is 5.91 Å². The highest BCUT2D eigenvalue weighted by molar-refractivity contribution is 6.33. The zero-order valence-electron chi connectivity index (χ0n) is 14.8. The number of hydrogen-bond acceptors (Lipinski definition) is 5. The van der Waals surface area contributed by atoms with Crippen molar-refractivity contribution in [2.45, 2.75) is 0 Å². The summed E-state index contributed by atoms with van der Waals surface area (Å²) >= 11 is 6.06. The van der Waals surface area contributed by atoms with E-state index in [1.807, 2.05) is 12.1 Å². The second-order valence-corrected chi connectivity index (χ2v) is 5.96. The Labute approximate surface area is 162 Å². The largest absolute Gasteiger partial charge is 0.497 e. The Hall–Kier alpha value is -3.25. The number of pyridine rings is 1. The highest BCUT2D eigenvalue weighted by Crippen LogP contribution is 2.31. The molecule has 3 aromatic rings. The summed E-state index contributed by atoms with van der Waals surface area (Å²) in [6, 6.07) is 15.9. The number of anilines is 3. The van der Waals surface area contributed by atoms with Gasteiger partial charge in [-0.2, -0.15) is 0 Å². The molecule has 0 saturated carbocycles. The van der Waals surface area contributed by atoms with Gasteiger partial charge in [0.05, 0.1) is 36.2 Å². The van der Waals surface area contributed by atoms with Crippen LogP contribution in [-0.2, 0) is 0 Å². The first-order valence-corrected chi connectivity index (χ1v) is 8.49. The molecular formula is C20H18ClN3O3. The fourth-order valence-corrected chi connectivity index (χ4v) is 2.58. The lowest BCUT2D eigenvalue weighted by Crippen LogP contribution is -2.12. The van der Waals surface area contributed by atoms with Gasteiger partial charge in [-0.05, 0) is 36.4 Å². The molecule has 1 amide bonds. The number of aromatic nitrogens is 1. The summed E-state index contributed by atoms with van der Waals surface area (Å²) in [6.07, 6.45) is 1.49. The van der Waals surface area contributed by atoms with Crippen molar-refractivity contribution in [3.8, 4) is 11.5 Å². The lowest BCUT2D eigenvalue weighted by molar-refractivity contribution is 0.102. The minimum Gasteiger partial charge on any atom is -0.497 e. The average molecular weight is 384 g/mol. The van der Waals surface area contributed by atoms with Gasteiger partial charge in [-0.3, -0.25) is 4.79 Å². The van der Waals surface area contributed by atoms with Crippen LogP contribution >= 0.6 is 11.6 Å². The van der Waals surface area contributed by atoms with Crippen molar-refractivity contribution < 1.29 is 14.3 Å². The van der Waals surface area contributed by atoms with E-state index < -0.39 is 0 Å². The van der Waals surface area contributed by atoms with E-state index in [4.69, 9.17) is 21.1 Å². The molecule has 1 heterocycles. The molecule has 2 N–H and O–H groups in total. The summed E-state index contributed by atoms with van der Waals surface area (Å²) in [5, 5.41) is 6.39. The van der Waals surface area contributed by atoms with E-state index in [0.29, 0.717) is 33.6 Å². The van der Waals surface area contributed by atoms with E-state index in [9.17, 15) is 4.79 Å². The number of nitrogens with one attached hydrogen (secondary N) is 2. The third kappa shape index (κ3) is 4.48. The molecule has 0 radical (unpaired) electrons. The highest BCUT2D eigenvalue weighted by Gasteiger charge is 2.10. The maximum absolute atomic E-state index is 12.3. The van der Waals surface area contributed by atoms with Crippen molar-refractivity contribution in [3.05, 3.63) is 71.4 Å². The molecule has 6 nitrogen and oxygen atoms in total. The number of carbonyl (C=O) groups is 1. The molecule has 3 rings (SSSR count). The second-order valence-electron chi connectivity index (χ2n) is 5.56. The van der Waals surface area contributed by atoms with Crippen LogP contribution in [0, 0.1) is 0 Å². The first-order chi connectivity index (χ1) is 13.1. The monoisotopic (exact) mass is 383 g/mol. The number of rotatable bonds is 6. The number of methoxy groups -OCH3 is 2. The van der Waals surface area contributed by atoms with Crippen molar-refractivity contribution in [2.75, 3.05) is 24.9 Å². The number of nitrogens with zero attached hydrogens (tertiary/aromatic N) is 1. The fraction of sp³-hybridized carbons (Fsp3) is 0.100. The molecule has 0 unspecified atom stereocenters. The Morgan fingerprint density at radius 3 is 2.48 bits per heavy atom. The maximum Gasteiger partial charge on any atom is 0.257 e. The van der Waals surface area contributed by atoms with Crippen LogP contribution in [-0.4, -0.2) is 25.1 Å². The van der Waals surface area contributed by atoms with Crippen molar-refractivity contribution in [3.63, 3.8) is 0 Å². The summed E-state index contributed by atoms with van der Waals surface area (Å²) in [5.41, 5.74) is 1.70. The first kappa shape index (κ1) is 18.5. The molecule has 27 heavy (non-hydrogen) atoms. The predicted octanol–water partition coefficient (Wildman–Crippen LogP) is 4.75. The van der Waals surface area contributed by atoms with E-state index >= 15 is 0 Å². The van der Waals surface area contributed by atoms with Crippen LogP contribution < -0.4 is 20.1 Å². The molecule has 0 fully saturated rings. The van der Waals surface area contributed by atoms with Crippen molar-refractivity contribution in [1.29, 1.82) is 0 Å². The molecule has 138 valence electrons. The van der Waals surface area contributed by atoms with Gasteiger partial charge in [0.15, 0.2) is 0 Å². The Kier molecular flexibility index (Phi) is 5.78. The molecule has 2 aromatic carbocycles. The summed E-state index contributed by atoms with van der Waals surface area (Å²) < 4.78 is 10.5. The lowest BCUT2D eigenvalue weighted by atomic mass is 10.2. The summed E-state index contributed by atoms with van der Waals surface area (Å²) in [7, 11) is 3.17. The summed E-state index contributed by atoms with van der Waals surface area (Å²) in [5.74, 6) is 1.60. The number of hydrogen-bond donors (Lipinski definition) is 2. The number of benzene rings is 2. The van der Waals surface area contributed by atoms with Crippen LogP contribution in [0.25, 0.3) is 0 Å². The number of carbonyl (C=O) groups excluding carboxylic acids is 1. The molecule has 0 saturated heterocycles. The van der Waals surface area contributed by atoms with Gasteiger partial charge in [0.1, 0.15) is 17.3 Å². The summed E-state index contributed by atoms with van der Waals surface area (Å²) in [6.45, 7) is 0. The Morgan fingerprint density at radius 1 is 1.00 bits per heavy atom. The van der Waals surface area contributed by atoms with Crippen LogP contribution in [0.5, 0.6) is 11.5 Å². The van der Waals surface area contributed by atoms with Gasteiger partial charge in [-0.15, -0.1) is 0 Å². The van der Waals surface area contributed by atoms with Gasteiger partial charge < -0.3 is 20.1 Å². The van der Waals surface area contributed by atoms with Gasteiger partial charge in [0, 0.05) is 12.3 Å². The zero-order chi connectivity index (χ0) is 19.2. The molecule has 0 spiro atoms. The molecule has 7 heteroatoms. The summed E-state index contributed by atoms with van der Waals surface area (Å²) in [4.78, 5) is 16.6. The van der Waals surface area contributed by atoms with Crippen molar-refractivity contribution >= 4 is 34.7 Å². The molecule has 1 aromatic heterocycles. The quantitative estimate of drug-likeness (QED) is 0.642. The molecular weight excluding hydrogens is 366 g/mol. The third-order valence-electron chi connectivity index (χ3n) is 3.82.